The number of amides is 1. The van der Waals surface area contributed by atoms with E-state index in [9.17, 15) is 4.79 Å². The fourth-order valence-corrected chi connectivity index (χ4v) is 2.12. The van der Waals surface area contributed by atoms with Crippen LogP contribution in [0.1, 0.15) is 30.8 Å². The standard InChI is InChI=1S/C13H20N4O2/c1-3-10-9-19-6-5-17(10)13(18)11-7-16-12(8-15-11)14-4-2/h7-8,10H,3-6,9H2,1-2H3,(H,14,16). The summed E-state index contributed by atoms with van der Waals surface area (Å²) in [5.74, 6) is 0.624. The Morgan fingerprint density at radius 1 is 1.47 bits per heavy atom. The van der Waals surface area contributed by atoms with Crippen molar-refractivity contribution in [2.75, 3.05) is 31.6 Å². The molecule has 1 unspecified atom stereocenters. The van der Waals surface area contributed by atoms with Gasteiger partial charge >= 0.3 is 0 Å². The van der Waals surface area contributed by atoms with E-state index in [0.717, 1.165) is 13.0 Å². The highest BCUT2D eigenvalue weighted by atomic mass is 16.5. The van der Waals surface area contributed by atoms with Crippen molar-refractivity contribution in [3.8, 4) is 0 Å². The van der Waals surface area contributed by atoms with Crippen LogP contribution in [-0.2, 0) is 4.74 Å². The van der Waals surface area contributed by atoms with Crippen LogP contribution in [0.25, 0.3) is 0 Å². The first-order valence-electron chi connectivity index (χ1n) is 6.70. The minimum Gasteiger partial charge on any atom is -0.377 e. The van der Waals surface area contributed by atoms with Gasteiger partial charge in [-0.15, -0.1) is 0 Å². The Bertz CT molecular complexity index is 421. The third kappa shape index (κ3) is 3.20. The van der Waals surface area contributed by atoms with E-state index in [-0.39, 0.29) is 11.9 Å². The lowest BCUT2D eigenvalue weighted by atomic mass is 10.1. The summed E-state index contributed by atoms with van der Waals surface area (Å²) >= 11 is 0. The Hall–Kier alpha value is -1.69. The number of anilines is 1. The number of nitrogens with zero attached hydrogens (tertiary/aromatic N) is 3. The van der Waals surface area contributed by atoms with Gasteiger partial charge in [0.1, 0.15) is 11.5 Å². The molecule has 0 aliphatic carbocycles. The summed E-state index contributed by atoms with van der Waals surface area (Å²) in [7, 11) is 0. The predicted octanol–water partition coefficient (Wildman–Crippen LogP) is 1.16. The molecule has 2 rings (SSSR count). The van der Waals surface area contributed by atoms with Gasteiger partial charge in [-0.3, -0.25) is 4.79 Å². The summed E-state index contributed by atoms with van der Waals surface area (Å²) < 4.78 is 5.40. The van der Waals surface area contributed by atoms with Gasteiger partial charge in [-0.25, -0.2) is 9.97 Å². The zero-order valence-corrected chi connectivity index (χ0v) is 11.4. The third-order valence-corrected chi connectivity index (χ3v) is 3.19. The third-order valence-electron chi connectivity index (χ3n) is 3.19. The van der Waals surface area contributed by atoms with Crippen molar-refractivity contribution in [3.05, 3.63) is 18.1 Å². The molecule has 0 radical (unpaired) electrons. The Morgan fingerprint density at radius 3 is 2.95 bits per heavy atom. The number of aromatic nitrogens is 2. The summed E-state index contributed by atoms with van der Waals surface area (Å²) in [6.07, 6.45) is 4.01. The zero-order valence-electron chi connectivity index (χ0n) is 11.4. The van der Waals surface area contributed by atoms with Gasteiger partial charge in [0.05, 0.1) is 31.6 Å². The molecule has 1 fully saturated rings. The lowest BCUT2D eigenvalue weighted by Gasteiger charge is -2.34. The summed E-state index contributed by atoms with van der Waals surface area (Å²) in [4.78, 5) is 22.6. The van der Waals surface area contributed by atoms with Gasteiger partial charge in [0, 0.05) is 13.1 Å². The van der Waals surface area contributed by atoms with Crippen LogP contribution in [0.4, 0.5) is 5.82 Å². The maximum Gasteiger partial charge on any atom is 0.274 e. The van der Waals surface area contributed by atoms with Crippen LogP contribution in [-0.4, -0.2) is 53.1 Å². The van der Waals surface area contributed by atoms with Gasteiger partial charge in [0.25, 0.3) is 5.91 Å². The van der Waals surface area contributed by atoms with Crippen molar-refractivity contribution in [2.24, 2.45) is 0 Å². The van der Waals surface area contributed by atoms with Crippen molar-refractivity contribution in [1.29, 1.82) is 0 Å². The molecule has 19 heavy (non-hydrogen) atoms. The monoisotopic (exact) mass is 264 g/mol. The average Bonchev–Trinajstić information content (AvgIpc) is 2.47. The molecule has 0 saturated carbocycles. The first kappa shape index (κ1) is 13.7. The lowest BCUT2D eigenvalue weighted by molar-refractivity contribution is -0.00312. The van der Waals surface area contributed by atoms with Gasteiger partial charge in [0.2, 0.25) is 0 Å². The van der Waals surface area contributed by atoms with Gasteiger partial charge in [0.15, 0.2) is 0 Å². The highest BCUT2D eigenvalue weighted by Gasteiger charge is 2.27. The number of nitrogens with one attached hydrogen (secondary N) is 1. The maximum atomic E-state index is 12.4. The SMILES string of the molecule is CCNc1cnc(C(=O)N2CCOCC2CC)cn1. The molecule has 6 heteroatoms. The molecular formula is C13H20N4O2. The minimum atomic E-state index is -0.0642. The number of morpholine rings is 1. The van der Waals surface area contributed by atoms with Crippen LogP contribution in [0.2, 0.25) is 0 Å². The molecule has 1 atom stereocenters. The molecule has 2 heterocycles. The van der Waals surface area contributed by atoms with Crippen LogP contribution >= 0.6 is 0 Å². The molecule has 1 aromatic rings. The number of carbonyl (C=O) groups is 1. The quantitative estimate of drug-likeness (QED) is 0.884. The first-order chi connectivity index (χ1) is 9.26. The summed E-state index contributed by atoms with van der Waals surface area (Å²) in [6, 6.07) is 0.136. The Morgan fingerprint density at radius 2 is 2.32 bits per heavy atom. The molecular weight excluding hydrogens is 244 g/mol. The summed E-state index contributed by atoms with van der Waals surface area (Å²) in [5, 5.41) is 3.05. The summed E-state index contributed by atoms with van der Waals surface area (Å²) in [6.45, 7) is 6.63. The smallest absolute Gasteiger partial charge is 0.274 e. The second-order valence-corrected chi connectivity index (χ2v) is 4.45. The molecule has 1 aliphatic heterocycles. The first-order valence-corrected chi connectivity index (χ1v) is 6.70. The average molecular weight is 264 g/mol. The number of ether oxygens (including phenoxy) is 1. The van der Waals surface area contributed by atoms with E-state index in [1.165, 1.54) is 6.20 Å². The van der Waals surface area contributed by atoms with Gasteiger partial charge in [-0.05, 0) is 13.3 Å². The molecule has 1 aliphatic rings. The Balaban J connectivity index is 2.09. The normalized spacial score (nSPS) is 19.3. The second kappa shape index (κ2) is 6.47. The molecule has 0 spiro atoms. The molecule has 104 valence electrons. The fraction of sp³-hybridized carbons (Fsp3) is 0.615. The van der Waals surface area contributed by atoms with Crippen LogP contribution in [0.5, 0.6) is 0 Å². The summed E-state index contributed by atoms with van der Waals surface area (Å²) in [5.41, 5.74) is 0.391. The number of carbonyl (C=O) groups excluding carboxylic acids is 1. The highest BCUT2D eigenvalue weighted by Crippen LogP contribution is 2.13. The Kier molecular flexibility index (Phi) is 4.68. The van der Waals surface area contributed by atoms with E-state index in [0.29, 0.717) is 31.3 Å². The van der Waals surface area contributed by atoms with E-state index in [4.69, 9.17) is 4.74 Å². The molecule has 1 saturated heterocycles. The van der Waals surface area contributed by atoms with E-state index < -0.39 is 0 Å². The molecule has 1 aromatic heterocycles. The van der Waals surface area contributed by atoms with E-state index >= 15 is 0 Å². The Labute approximate surface area is 113 Å². The van der Waals surface area contributed by atoms with Crippen molar-refractivity contribution in [1.82, 2.24) is 14.9 Å². The van der Waals surface area contributed by atoms with Gasteiger partial charge in [-0.1, -0.05) is 6.92 Å². The zero-order chi connectivity index (χ0) is 13.7. The molecule has 1 N–H and O–H groups in total. The van der Waals surface area contributed by atoms with Crippen LogP contribution in [0.15, 0.2) is 12.4 Å². The van der Waals surface area contributed by atoms with Crippen LogP contribution in [0, 0.1) is 0 Å². The van der Waals surface area contributed by atoms with Crippen molar-refractivity contribution < 1.29 is 9.53 Å². The van der Waals surface area contributed by atoms with Crippen molar-refractivity contribution in [3.63, 3.8) is 0 Å². The molecule has 0 bridgehead atoms. The molecule has 1 amide bonds. The van der Waals surface area contributed by atoms with Gasteiger partial charge in [-0.2, -0.15) is 0 Å². The van der Waals surface area contributed by atoms with Crippen molar-refractivity contribution >= 4 is 11.7 Å². The predicted molar refractivity (Wildman–Crippen MR) is 72.1 cm³/mol. The van der Waals surface area contributed by atoms with E-state index in [1.807, 2.05) is 11.8 Å². The number of hydrogen-bond acceptors (Lipinski definition) is 5. The van der Waals surface area contributed by atoms with E-state index in [1.54, 1.807) is 6.20 Å². The van der Waals surface area contributed by atoms with Crippen LogP contribution < -0.4 is 5.32 Å². The number of hydrogen-bond donors (Lipinski definition) is 1. The minimum absolute atomic E-state index is 0.0642. The van der Waals surface area contributed by atoms with Gasteiger partial charge < -0.3 is 15.0 Å². The largest absolute Gasteiger partial charge is 0.377 e. The van der Waals surface area contributed by atoms with Crippen molar-refractivity contribution in [2.45, 2.75) is 26.3 Å². The fourth-order valence-electron chi connectivity index (χ4n) is 2.12. The van der Waals surface area contributed by atoms with Crippen LogP contribution in [0.3, 0.4) is 0 Å². The second-order valence-electron chi connectivity index (χ2n) is 4.45. The number of rotatable bonds is 4. The molecule has 6 nitrogen and oxygen atoms in total. The lowest BCUT2D eigenvalue weighted by Crippen LogP contribution is -2.48. The maximum absolute atomic E-state index is 12.4. The molecule has 0 aromatic carbocycles. The topological polar surface area (TPSA) is 67.4 Å². The highest BCUT2D eigenvalue weighted by molar-refractivity contribution is 5.92. The van der Waals surface area contributed by atoms with E-state index in [2.05, 4.69) is 22.2 Å².